The van der Waals surface area contributed by atoms with Gasteiger partial charge in [-0.2, -0.15) is 0 Å². The maximum absolute atomic E-state index is 5.76. The van der Waals surface area contributed by atoms with Crippen molar-refractivity contribution in [2.75, 3.05) is 20.2 Å². The van der Waals surface area contributed by atoms with Crippen LogP contribution in [0.25, 0.3) is 0 Å². The molecule has 0 spiro atoms. The summed E-state index contributed by atoms with van der Waals surface area (Å²) in [6, 6.07) is 8.68. The molecule has 1 atom stereocenters. The molecule has 0 radical (unpaired) electrons. The van der Waals surface area contributed by atoms with Crippen molar-refractivity contribution in [3.8, 4) is 0 Å². The van der Waals surface area contributed by atoms with Crippen LogP contribution < -0.4 is 11.1 Å². The van der Waals surface area contributed by atoms with Crippen molar-refractivity contribution in [2.45, 2.75) is 26.0 Å². The third-order valence-electron chi connectivity index (χ3n) is 2.57. The highest BCUT2D eigenvalue weighted by molar-refractivity contribution is 5.25. The molecular weight excluding hydrogens is 200 g/mol. The predicted molar refractivity (Wildman–Crippen MR) is 67.2 cm³/mol. The van der Waals surface area contributed by atoms with Gasteiger partial charge in [0.2, 0.25) is 0 Å². The molecule has 3 N–H and O–H groups in total. The van der Waals surface area contributed by atoms with E-state index in [1.807, 2.05) is 0 Å². The van der Waals surface area contributed by atoms with Crippen LogP contribution in [0.15, 0.2) is 24.3 Å². The molecule has 0 aliphatic rings. The van der Waals surface area contributed by atoms with Gasteiger partial charge in [0.25, 0.3) is 0 Å². The first-order valence-electron chi connectivity index (χ1n) is 5.83. The van der Waals surface area contributed by atoms with Crippen LogP contribution in [0.4, 0.5) is 0 Å². The Labute approximate surface area is 98.0 Å². The summed E-state index contributed by atoms with van der Waals surface area (Å²) in [5.74, 6) is 0. The predicted octanol–water partition coefficient (Wildman–Crippen LogP) is 1.83. The number of nitrogens with one attached hydrogen (secondary N) is 1. The van der Waals surface area contributed by atoms with E-state index in [0.717, 1.165) is 13.0 Å². The lowest BCUT2D eigenvalue weighted by Gasteiger charge is -2.17. The lowest BCUT2D eigenvalue weighted by atomic mass is 10.0. The van der Waals surface area contributed by atoms with Gasteiger partial charge < -0.3 is 15.8 Å². The van der Waals surface area contributed by atoms with Crippen LogP contribution in [0.1, 0.15) is 30.5 Å². The second-order valence-corrected chi connectivity index (χ2v) is 3.92. The van der Waals surface area contributed by atoms with E-state index >= 15 is 0 Å². The highest BCUT2D eigenvalue weighted by Crippen LogP contribution is 2.13. The molecule has 0 saturated carbocycles. The summed E-state index contributed by atoms with van der Waals surface area (Å²) in [6.07, 6.45) is 1.12. The fraction of sp³-hybridized carbons (Fsp3) is 0.538. The van der Waals surface area contributed by atoms with Crippen molar-refractivity contribution >= 4 is 0 Å². The smallest absolute Gasteiger partial charge is 0.0713 e. The highest BCUT2D eigenvalue weighted by Gasteiger charge is 2.07. The van der Waals surface area contributed by atoms with Gasteiger partial charge in [-0.05, 0) is 24.1 Å². The Morgan fingerprint density at radius 1 is 1.31 bits per heavy atom. The SMILES string of the molecule is CCCNC(CN)c1ccc(COC)cc1. The molecule has 90 valence electrons. The summed E-state index contributed by atoms with van der Waals surface area (Å²) in [5, 5.41) is 3.43. The third-order valence-corrected chi connectivity index (χ3v) is 2.57. The minimum absolute atomic E-state index is 0.261. The summed E-state index contributed by atoms with van der Waals surface area (Å²) >= 11 is 0. The van der Waals surface area contributed by atoms with Gasteiger partial charge in [-0.3, -0.25) is 0 Å². The second-order valence-electron chi connectivity index (χ2n) is 3.92. The number of methoxy groups -OCH3 is 1. The van der Waals surface area contributed by atoms with Gasteiger partial charge in [0.05, 0.1) is 6.61 Å². The van der Waals surface area contributed by atoms with Crippen molar-refractivity contribution in [2.24, 2.45) is 5.73 Å². The topological polar surface area (TPSA) is 47.3 Å². The van der Waals surface area contributed by atoms with E-state index in [2.05, 4.69) is 36.5 Å². The van der Waals surface area contributed by atoms with E-state index in [4.69, 9.17) is 10.5 Å². The summed E-state index contributed by atoms with van der Waals surface area (Å²) in [5.41, 5.74) is 8.19. The monoisotopic (exact) mass is 222 g/mol. The maximum Gasteiger partial charge on any atom is 0.0713 e. The molecule has 0 fully saturated rings. The van der Waals surface area contributed by atoms with Crippen LogP contribution in [0, 0.1) is 0 Å². The first kappa shape index (κ1) is 13.2. The average molecular weight is 222 g/mol. The summed E-state index contributed by atoms with van der Waals surface area (Å²) in [7, 11) is 1.71. The first-order chi connectivity index (χ1) is 7.81. The molecule has 0 heterocycles. The Hall–Kier alpha value is -0.900. The lowest BCUT2D eigenvalue weighted by molar-refractivity contribution is 0.185. The molecule has 1 rings (SSSR count). The fourth-order valence-corrected chi connectivity index (χ4v) is 1.67. The molecule has 0 aromatic heterocycles. The van der Waals surface area contributed by atoms with Crippen molar-refractivity contribution in [1.29, 1.82) is 0 Å². The number of rotatable bonds is 7. The van der Waals surface area contributed by atoms with Gasteiger partial charge >= 0.3 is 0 Å². The van der Waals surface area contributed by atoms with Crippen LogP contribution in [-0.2, 0) is 11.3 Å². The van der Waals surface area contributed by atoms with E-state index in [1.54, 1.807) is 7.11 Å². The number of hydrogen-bond acceptors (Lipinski definition) is 3. The molecular formula is C13H22N2O. The fourth-order valence-electron chi connectivity index (χ4n) is 1.67. The van der Waals surface area contributed by atoms with E-state index in [-0.39, 0.29) is 6.04 Å². The average Bonchev–Trinajstić information content (AvgIpc) is 2.32. The summed E-state index contributed by atoms with van der Waals surface area (Å²) in [4.78, 5) is 0. The van der Waals surface area contributed by atoms with E-state index < -0.39 is 0 Å². The highest BCUT2D eigenvalue weighted by atomic mass is 16.5. The molecule has 1 aromatic rings. The maximum atomic E-state index is 5.76. The van der Waals surface area contributed by atoms with Crippen molar-refractivity contribution < 1.29 is 4.74 Å². The van der Waals surface area contributed by atoms with Gasteiger partial charge in [-0.1, -0.05) is 31.2 Å². The molecule has 3 nitrogen and oxygen atoms in total. The van der Waals surface area contributed by atoms with Gasteiger partial charge in [0, 0.05) is 19.7 Å². The third kappa shape index (κ3) is 3.93. The number of ether oxygens (including phenoxy) is 1. The summed E-state index contributed by atoms with van der Waals surface area (Å²) in [6.45, 7) is 4.45. The zero-order valence-corrected chi connectivity index (χ0v) is 10.2. The van der Waals surface area contributed by atoms with E-state index in [0.29, 0.717) is 13.2 Å². The number of benzene rings is 1. The van der Waals surface area contributed by atoms with Gasteiger partial charge in [0.1, 0.15) is 0 Å². The molecule has 0 amide bonds. The minimum atomic E-state index is 0.261. The molecule has 16 heavy (non-hydrogen) atoms. The molecule has 0 aliphatic heterocycles. The molecule has 3 heteroatoms. The van der Waals surface area contributed by atoms with Gasteiger partial charge in [0.15, 0.2) is 0 Å². The molecule has 1 aromatic carbocycles. The van der Waals surface area contributed by atoms with Crippen molar-refractivity contribution in [1.82, 2.24) is 5.32 Å². The largest absolute Gasteiger partial charge is 0.380 e. The minimum Gasteiger partial charge on any atom is -0.380 e. The standard InChI is InChI=1S/C13H22N2O/c1-3-8-15-13(9-14)12-6-4-11(5-7-12)10-16-2/h4-7,13,15H,3,8-10,14H2,1-2H3. The zero-order chi connectivity index (χ0) is 11.8. The normalized spacial score (nSPS) is 12.7. The van der Waals surface area contributed by atoms with E-state index in [9.17, 15) is 0 Å². The van der Waals surface area contributed by atoms with Crippen LogP contribution in [0.3, 0.4) is 0 Å². The van der Waals surface area contributed by atoms with Gasteiger partial charge in [-0.15, -0.1) is 0 Å². The lowest BCUT2D eigenvalue weighted by Crippen LogP contribution is -2.28. The molecule has 0 aliphatic carbocycles. The second kappa shape index (κ2) is 7.39. The first-order valence-corrected chi connectivity index (χ1v) is 5.83. The van der Waals surface area contributed by atoms with Crippen LogP contribution >= 0.6 is 0 Å². The number of nitrogens with two attached hydrogens (primary N) is 1. The Morgan fingerprint density at radius 2 is 2.00 bits per heavy atom. The molecule has 0 bridgehead atoms. The van der Waals surface area contributed by atoms with Crippen LogP contribution in [0.5, 0.6) is 0 Å². The van der Waals surface area contributed by atoms with Gasteiger partial charge in [-0.25, -0.2) is 0 Å². The Bertz CT molecular complexity index is 284. The van der Waals surface area contributed by atoms with Crippen molar-refractivity contribution in [3.05, 3.63) is 35.4 Å². The quantitative estimate of drug-likeness (QED) is 0.740. The zero-order valence-electron chi connectivity index (χ0n) is 10.2. The van der Waals surface area contributed by atoms with E-state index in [1.165, 1.54) is 11.1 Å². The van der Waals surface area contributed by atoms with Crippen molar-refractivity contribution in [3.63, 3.8) is 0 Å². The Morgan fingerprint density at radius 3 is 2.50 bits per heavy atom. The van der Waals surface area contributed by atoms with Crippen LogP contribution in [-0.4, -0.2) is 20.2 Å². The Balaban J connectivity index is 2.62. The molecule has 0 saturated heterocycles. The van der Waals surface area contributed by atoms with Crippen LogP contribution in [0.2, 0.25) is 0 Å². The molecule has 1 unspecified atom stereocenters. The Kier molecular flexibility index (Phi) is 6.08. The number of hydrogen-bond donors (Lipinski definition) is 2. The summed E-state index contributed by atoms with van der Waals surface area (Å²) < 4.78 is 5.08.